The number of halogens is 4. The average Bonchev–Trinajstić information content (AvgIpc) is 2.87. The Kier molecular flexibility index (Phi) is 8.88. The van der Waals surface area contributed by atoms with Gasteiger partial charge in [-0.2, -0.15) is 13.2 Å². The van der Waals surface area contributed by atoms with Gasteiger partial charge in [-0.25, -0.2) is 9.18 Å². The van der Waals surface area contributed by atoms with Gasteiger partial charge in [0, 0.05) is 24.5 Å². The van der Waals surface area contributed by atoms with Gasteiger partial charge in [-0.05, 0) is 32.4 Å². The molecule has 1 amide bonds. The fourth-order valence-corrected chi connectivity index (χ4v) is 4.85. The number of esters is 1. The highest BCUT2D eigenvalue weighted by Crippen LogP contribution is 2.29. The number of fused-ring (bicyclic) bond motifs is 1. The van der Waals surface area contributed by atoms with Gasteiger partial charge < -0.3 is 24.1 Å². The molecule has 0 spiro atoms. The number of hydrogen-bond acceptors (Lipinski definition) is 7. The first-order valence-corrected chi connectivity index (χ1v) is 12.5. The highest BCUT2D eigenvalue weighted by molar-refractivity contribution is 5.92. The highest BCUT2D eigenvalue weighted by atomic mass is 19.4. The molecule has 1 aliphatic heterocycles. The van der Waals surface area contributed by atoms with E-state index in [1.54, 1.807) is 13.8 Å². The number of rotatable bonds is 9. The number of piperazine rings is 1. The maximum atomic E-state index is 15.2. The number of aromatic carboxylic acids is 1. The number of carboxylic acid groups (broad SMARTS) is 1. The zero-order valence-corrected chi connectivity index (χ0v) is 21.7. The third-order valence-electron chi connectivity index (χ3n) is 6.76. The summed E-state index contributed by atoms with van der Waals surface area (Å²) in [5, 5.41) is 13.1. The van der Waals surface area contributed by atoms with Crippen LogP contribution in [0.3, 0.4) is 0 Å². The lowest BCUT2D eigenvalue weighted by Crippen LogP contribution is -3.27. The zero-order valence-electron chi connectivity index (χ0n) is 21.7. The van der Waals surface area contributed by atoms with Gasteiger partial charge in [-0.3, -0.25) is 19.8 Å². The number of aryl methyl sites for hydroxylation is 1. The Bertz CT molecular complexity index is 1320. The van der Waals surface area contributed by atoms with E-state index in [2.05, 4.69) is 0 Å². The number of alkyl halides is 3. The summed E-state index contributed by atoms with van der Waals surface area (Å²) in [7, 11) is 0. The molecule has 1 atom stereocenters. The molecule has 0 aliphatic carbocycles. The van der Waals surface area contributed by atoms with Crippen LogP contribution in [0.15, 0.2) is 23.1 Å². The molecule has 2 N–H and O–H groups in total. The number of carbonyl (C=O) groups is 3. The SMILES string of the molecule is CCCC(=O)N[C@](C(=O)OCC)([NH+]1CCN(c2cc3c(cc2F)c(=O)c(C(=O)[O-])cn3CC)CC1)C(F)(F)F. The number of amides is 1. The van der Waals surface area contributed by atoms with Gasteiger partial charge in [-0.15, -0.1) is 0 Å². The van der Waals surface area contributed by atoms with E-state index < -0.39 is 46.5 Å². The number of anilines is 1. The van der Waals surface area contributed by atoms with Crippen LogP contribution in [-0.2, 0) is 20.9 Å². The molecule has 2 aromatic rings. The minimum Gasteiger partial charge on any atom is -0.545 e. The zero-order chi connectivity index (χ0) is 29.1. The predicted octanol–water partition coefficient (Wildman–Crippen LogP) is -0.0331. The number of pyridine rings is 1. The minimum absolute atomic E-state index is 0.00638. The first-order chi connectivity index (χ1) is 18.3. The van der Waals surface area contributed by atoms with E-state index in [0.717, 1.165) is 12.3 Å². The summed E-state index contributed by atoms with van der Waals surface area (Å²) < 4.78 is 64.9. The second-order valence-electron chi connectivity index (χ2n) is 9.12. The molecule has 1 fully saturated rings. The van der Waals surface area contributed by atoms with E-state index in [4.69, 9.17) is 4.74 Å². The molecule has 39 heavy (non-hydrogen) atoms. The summed E-state index contributed by atoms with van der Waals surface area (Å²) in [6.07, 6.45) is -4.06. The Morgan fingerprint density at radius 1 is 1.13 bits per heavy atom. The minimum atomic E-state index is -5.19. The smallest absolute Gasteiger partial charge is 0.478 e. The van der Waals surface area contributed by atoms with E-state index in [9.17, 15) is 37.5 Å². The van der Waals surface area contributed by atoms with Crippen molar-refractivity contribution in [3.05, 3.63) is 39.9 Å². The van der Waals surface area contributed by atoms with Crippen molar-refractivity contribution in [2.45, 2.75) is 52.0 Å². The number of benzene rings is 1. The van der Waals surface area contributed by atoms with Crippen LogP contribution in [0, 0.1) is 5.82 Å². The Balaban J connectivity index is 1.99. The molecular formula is C25H30F4N4O6. The summed E-state index contributed by atoms with van der Waals surface area (Å²) in [6.45, 7) is 3.67. The molecular weight excluding hydrogens is 528 g/mol. The maximum absolute atomic E-state index is 15.2. The third kappa shape index (κ3) is 5.56. The summed E-state index contributed by atoms with van der Waals surface area (Å²) in [5.41, 5.74) is -4.65. The third-order valence-corrected chi connectivity index (χ3v) is 6.76. The summed E-state index contributed by atoms with van der Waals surface area (Å²) in [5.74, 6) is -5.15. The number of ether oxygens (including phenoxy) is 1. The van der Waals surface area contributed by atoms with Gasteiger partial charge in [0.15, 0.2) is 5.43 Å². The van der Waals surface area contributed by atoms with Gasteiger partial charge in [0.05, 0.1) is 55.5 Å². The molecule has 1 aromatic carbocycles. The number of hydrogen-bond donors (Lipinski definition) is 2. The van der Waals surface area contributed by atoms with Crippen LogP contribution in [0.4, 0.5) is 23.2 Å². The Labute approximate surface area is 221 Å². The molecule has 1 aromatic heterocycles. The average molecular weight is 559 g/mol. The number of quaternary nitrogens is 1. The predicted molar refractivity (Wildman–Crippen MR) is 130 cm³/mol. The first kappa shape index (κ1) is 29.9. The molecule has 1 saturated heterocycles. The standard InChI is InChI=1S/C25H30F4N4O6/c1-4-7-20(34)30-24(25(27,28)29,23(38)39-6-3)33-10-8-32(9-11-33)19-13-18-15(12-17(19)26)21(35)16(22(36)37)14-31(18)5-2/h12-14H,4-11H2,1-3H3,(H,30,34)(H,36,37)/t24-/m1/s1. The van der Waals surface area contributed by atoms with Crippen LogP contribution in [0.1, 0.15) is 44.0 Å². The van der Waals surface area contributed by atoms with Crippen LogP contribution in [-0.4, -0.2) is 67.0 Å². The van der Waals surface area contributed by atoms with E-state index in [-0.39, 0.29) is 73.7 Å². The number of nitrogens with one attached hydrogen (secondary N) is 2. The molecule has 0 saturated carbocycles. The van der Waals surface area contributed by atoms with Gasteiger partial charge in [0.25, 0.3) is 0 Å². The van der Waals surface area contributed by atoms with Crippen LogP contribution in [0.2, 0.25) is 0 Å². The van der Waals surface area contributed by atoms with Crippen molar-refractivity contribution in [1.29, 1.82) is 0 Å². The van der Waals surface area contributed by atoms with Crippen molar-refractivity contribution in [3.8, 4) is 0 Å². The molecule has 214 valence electrons. The summed E-state index contributed by atoms with van der Waals surface area (Å²) >= 11 is 0. The number of nitrogens with zero attached hydrogens (tertiary/aromatic N) is 2. The second kappa shape index (κ2) is 11.6. The van der Waals surface area contributed by atoms with Crippen LogP contribution >= 0.6 is 0 Å². The number of carboxylic acids is 1. The molecule has 3 rings (SSSR count). The van der Waals surface area contributed by atoms with Crippen molar-refractivity contribution in [2.24, 2.45) is 0 Å². The summed E-state index contributed by atoms with van der Waals surface area (Å²) in [4.78, 5) is 50.1. The van der Waals surface area contributed by atoms with E-state index >= 15 is 4.39 Å². The molecule has 2 heterocycles. The van der Waals surface area contributed by atoms with Crippen molar-refractivity contribution >= 4 is 34.4 Å². The Hall–Kier alpha value is -3.68. The normalized spacial score (nSPS) is 16.1. The fourth-order valence-electron chi connectivity index (χ4n) is 4.85. The highest BCUT2D eigenvalue weighted by Gasteiger charge is 2.71. The van der Waals surface area contributed by atoms with Gasteiger partial charge in [-0.1, -0.05) is 6.92 Å². The summed E-state index contributed by atoms with van der Waals surface area (Å²) in [6, 6.07) is 2.24. The lowest BCUT2D eigenvalue weighted by molar-refractivity contribution is -0.959. The monoisotopic (exact) mass is 558 g/mol. The van der Waals surface area contributed by atoms with E-state index in [1.165, 1.54) is 22.5 Å². The quantitative estimate of drug-likeness (QED) is 0.327. The first-order valence-electron chi connectivity index (χ1n) is 12.5. The molecule has 0 radical (unpaired) electrons. The molecule has 0 unspecified atom stereocenters. The molecule has 10 nitrogen and oxygen atoms in total. The van der Waals surface area contributed by atoms with Crippen LogP contribution in [0.5, 0.6) is 0 Å². The largest absolute Gasteiger partial charge is 0.545 e. The lowest BCUT2D eigenvalue weighted by Gasteiger charge is -2.43. The number of carbonyl (C=O) groups excluding carboxylic acids is 3. The van der Waals surface area contributed by atoms with Crippen molar-refractivity contribution in [3.63, 3.8) is 0 Å². The Morgan fingerprint density at radius 3 is 2.28 bits per heavy atom. The van der Waals surface area contributed by atoms with Crippen molar-refractivity contribution < 1.29 is 46.7 Å². The lowest BCUT2D eigenvalue weighted by atomic mass is 10.0. The number of aromatic nitrogens is 1. The topological polar surface area (TPSA) is 125 Å². The van der Waals surface area contributed by atoms with Gasteiger partial charge >= 0.3 is 17.8 Å². The van der Waals surface area contributed by atoms with Crippen LogP contribution < -0.4 is 25.7 Å². The molecule has 14 heteroatoms. The second-order valence-corrected chi connectivity index (χ2v) is 9.12. The fraction of sp³-hybridized carbons (Fsp3) is 0.520. The van der Waals surface area contributed by atoms with Gasteiger partial charge in [0.1, 0.15) is 5.82 Å². The van der Waals surface area contributed by atoms with Crippen molar-refractivity contribution in [2.75, 3.05) is 37.7 Å². The van der Waals surface area contributed by atoms with E-state index in [0.29, 0.717) is 0 Å². The van der Waals surface area contributed by atoms with E-state index in [1.807, 2.05) is 5.32 Å². The van der Waals surface area contributed by atoms with Crippen LogP contribution in [0.25, 0.3) is 10.9 Å². The Morgan fingerprint density at radius 2 is 1.77 bits per heavy atom. The molecule has 1 aliphatic rings. The van der Waals surface area contributed by atoms with Gasteiger partial charge in [0.2, 0.25) is 5.91 Å². The molecule has 0 bridgehead atoms. The van der Waals surface area contributed by atoms with Crippen molar-refractivity contribution in [1.82, 2.24) is 9.88 Å². The maximum Gasteiger partial charge on any atom is 0.478 e.